The van der Waals surface area contributed by atoms with Gasteiger partial charge >= 0.3 is 0 Å². The predicted molar refractivity (Wildman–Crippen MR) is 200 cm³/mol. The number of pyridine rings is 1. The van der Waals surface area contributed by atoms with E-state index in [1.807, 2.05) is 54.7 Å². The fourth-order valence-corrected chi connectivity index (χ4v) is 10.2. The van der Waals surface area contributed by atoms with Crippen LogP contribution in [-0.4, -0.2) is 50.7 Å². The summed E-state index contributed by atoms with van der Waals surface area (Å²) < 4.78 is 3.22. The van der Waals surface area contributed by atoms with Gasteiger partial charge < -0.3 is 10.0 Å². The van der Waals surface area contributed by atoms with Crippen LogP contribution in [0.1, 0.15) is 83.6 Å². The van der Waals surface area contributed by atoms with Crippen molar-refractivity contribution in [3.8, 4) is 11.1 Å². The molecule has 2 fully saturated rings. The highest BCUT2D eigenvalue weighted by Crippen LogP contribution is 2.53. The Morgan fingerprint density at radius 1 is 1.00 bits per heavy atom. The lowest BCUT2D eigenvalue weighted by Crippen LogP contribution is -2.42. The second kappa shape index (κ2) is 14.1. The maximum atomic E-state index is 13.5. The molecular formula is C40H46N6O3S. The van der Waals surface area contributed by atoms with Gasteiger partial charge in [-0.1, -0.05) is 49.4 Å². The number of aromatic nitrogens is 4. The van der Waals surface area contributed by atoms with E-state index in [1.54, 1.807) is 0 Å². The Kier molecular flexibility index (Phi) is 9.59. The van der Waals surface area contributed by atoms with Crippen molar-refractivity contribution in [2.45, 2.75) is 72.4 Å². The van der Waals surface area contributed by atoms with E-state index >= 15 is 0 Å². The van der Waals surface area contributed by atoms with Crippen LogP contribution in [0.15, 0.2) is 60.8 Å². The second-order valence-corrected chi connectivity index (χ2v) is 15.8. The Hall–Kier alpha value is -4.41. The fraction of sp³-hybridized carbons (Fsp3) is 0.425. The summed E-state index contributed by atoms with van der Waals surface area (Å²) in [7, 11) is 1.00. The first-order valence-corrected chi connectivity index (χ1v) is 18.6. The Morgan fingerprint density at radius 3 is 2.54 bits per heavy atom. The van der Waals surface area contributed by atoms with E-state index in [0.29, 0.717) is 28.3 Å². The third kappa shape index (κ3) is 6.58. The summed E-state index contributed by atoms with van der Waals surface area (Å²) in [5.74, 6) is 2.91. The fourth-order valence-electron chi connectivity index (χ4n) is 9.33. The van der Waals surface area contributed by atoms with Crippen LogP contribution in [0.25, 0.3) is 21.3 Å². The number of nitrogens with one attached hydrogen (secondary N) is 1. The highest BCUT2D eigenvalue weighted by atomic mass is 32.1. The maximum absolute atomic E-state index is 13.5. The minimum absolute atomic E-state index is 0.169. The zero-order valence-electron chi connectivity index (χ0n) is 29.4. The summed E-state index contributed by atoms with van der Waals surface area (Å²) in [6, 6.07) is 17.8. The number of aldehydes is 1. The molecule has 2 saturated carbocycles. The van der Waals surface area contributed by atoms with Crippen molar-refractivity contribution in [2.75, 3.05) is 23.9 Å². The molecule has 2 atom stereocenters. The van der Waals surface area contributed by atoms with Crippen molar-refractivity contribution in [3.63, 3.8) is 0 Å². The van der Waals surface area contributed by atoms with Crippen LogP contribution in [0.2, 0.25) is 0 Å². The summed E-state index contributed by atoms with van der Waals surface area (Å²) >= 11 is 1.47. The van der Waals surface area contributed by atoms with E-state index in [9.17, 15) is 9.59 Å². The van der Waals surface area contributed by atoms with E-state index in [4.69, 9.17) is 15.2 Å². The summed E-state index contributed by atoms with van der Waals surface area (Å²) in [5, 5.41) is 15.5. The molecule has 2 unspecified atom stereocenters. The molecule has 50 heavy (non-hydrogen) atoms. The number of aliphatic hydroxyl groups is 1. The van der Waals surface area contributed by atoms with Gasteiger partial charge in [-0.05, 0) is 110 Å². The Balaban J connectivity index is 0.00000193. The average molecular weight is 691 g/mol. The van der Waals surface area contributed by atoms with Crippen LogP contribution in [0.5, 0.6) is 0 Å². The van der Waals surface area contributed by atoms with Gasteiger partial charge in [0.05, 0.1) is 16.4 Å². The van der Waals surface area contributed by atoms with Gasteiger partial charge in [0.1, 0.15) is 11.5 Å². The van der Waals surface area contributed by atoms with E-state index in [2.05, 4.69) is 46.7 Å². The van der Waals surface area contributed by atoms with Crippen LogP contribution >= 0.6 is 11.3 Å². The Bertz CT molecular complexity index is 1980. The van der Waals surface area contributed by atoms with Gasteiger partial charge in [-0.2, -0.15) is 5.10 Å². The molecule has 10 heteroatoms. The van der Waals surface area contributed by atoms with Gasteiger partial charge in [0, 0.05) is 49.1 Å². The van der Waals surface area contributed by atoms with E-state index in [0.717, 1.165) is 94.6 Å². The molecule has 0 radical (unpaired) electrons. The lowest BCUT2D eigenvalue weighted by Gasteiger charge is -2.50. The molecule has 5 aromatic rings. The first-order chi connectivity index (χ1) is 24.3. The molecule has 8 rings (SSSR count). The number of thiazole rings is 1. The van der Waals surface area contributed by atoms with Crippen LogP contribution in [0.3, 0.4) is 0 Å². The molecule has 2 bridgehead atoms. The first kappa shape index (κ1) is 34.1. The van der Waals surface area contributed by atoms with Gasteiger partial charge in [0.25, 0.3) is 5.91 Å². The predicted octanol–water partition coefficient (Wildman–Crippen LogP) is 7.95. The van der Waals surface area contributed by atoms with Crippen molar-refractivity contribution in [2.24, 2.45) is 23.2 Å². The van der Waals surface area contributed by atoms with E-state index in [-0.39, 0.29) is 5.91 Å². The average Bonchev–Trinajstić information content (AvgIpc) is 3.69. The largest absolute Gasteiger partial charge is 0.400 e. The number of para-hydroxylation sites is 1. The van der Waals surface area contributed by atoms with Crippen LogP contribution in [-0.2, 0) is 19.5 Å². The molecule has 3 aromatic heterocycles. The number of hydrogen-bond donors (Lipinski definition) is 2. The third-order valence-corrected chi connectivity index (χ3v) is 12.0. The topological polar surface area (TPSA) is 113 Å². The number of aliphatic hydroxyl groups excluding tert-OH is 1. The van der Waals surface area contributed by atoms with Gasteiger partial charge in [-0.15, -0.1) is 0 Å². The molecule has 4 heterocycles. The maximum Gasteiger partial charge on any atom is 0.257 e. The van der Waals surface area contributed by atoms with Crippen molar-refractivity contribution < 1.29 is 14.7 Å². The van der Waals surface area contributed by atoms with Gasteiger partial charge in [0.15, 0.2) is 11.4 Å². The van der Waals surface area contributed by atoms with Crippen molar-refractivity contribution in [3.05, 3.63) is 88.9 Å². The summed E-state index contributed by atoms with van der Waals surface area (Å²) in [4.78, 5) is 37.6. The Labute approximate surface area is 297 Å². The molecule has 0 saturated heterocycles. The van der Waals surface area contributed by atoms with Gasteiger partial charge in [-0.3, -0.25) is 19.6 Å². The zero-order valence-corrected chi connectivity index (χ0v) is 30.2. The first-order valence-electron chi connectivity index (χ1n) is 17.7. The van der Waals surface area contributed by atoms with Crippen LogP contribution in [0.4, 0.5) is 10.9 Å². The SMILES string of the molecule is CO.Cc1c(-c2ccc(N3CCc4cccc(C(=O)Nc5nc6ccccc6s5)c4C3)nc2C=O)cnn1CC12CC(C)CC(CC(C)C1)C2. The van der Waals surface area contributed by atoms with Crippen molar-refractivity contribution in [1.82, 2.24) is 19.7 Å². The van der Waals surface area contributed by atoms with Gasteiger partial charge in [0.2, 0.25) is 0 Å². The smallest absolute Gasteiger partial charge is 0.257 e. The van der Waals surface area contributed by atoms with E-state index in [1.165, 1.54) is 43.4 Å². The monoisotopic (exact) mass is 690 g/mol. The molecule has 2 N–H and O–H groups in total. The summed E-state index contributed by atoms with van der Waals surface area (Å²) in [5.41, 5.74) is 7.24. The number of fused-ring (bicyclic) bond motifs is 4. The molecule has 0 spiro atoms. The van der Waals surface area contributed by atoms with Crippen LogP contribution in [0, 0.1) is 30.1 Å². The molecule has 9 nitrogen and oxygen atoms in total. The van der Waals surface area contributed by atoms with E-state index < -0.39 is 0 Å². The minimum atomic E-state index is -0.169. The number of hydrogen-bond acceptors (Lipinski definition) is 8. The number of rotatable bonds is 7. The molecular weight excluding hydrogens is 645 g/mol. The molecule has 1 amide bonds. The molecule has 260 valence electrons. The standard InChI is InChI=1S/C39H42N6O2S.CH4O/c1-24-15-27-16-25(2)18-39(17-24,19-27)23-45-26(3)31(20-40-45)29-11-12-36(41-34(29)22-46)44-14-13-28-7-6-8-30(32(28)21-44)37(47)43-38-42-33-9-4-5-10-35(33)48-38;1-2/h4-12,20,22,24-25,27H,13-19,21,23H2,1-3H3,(H,42,43,47);2H,1H3. The molecule has 2 aromatic carbocycles. The van der Waals surface area contributed by atoms with Crippen molar-refractivity contribution in [1.29, 1.82) is 0 Å². The van der Waals surface area contributed by atoms with Crippen LogP contribution < -0.4 is 10.2 Å². The normalized spacial score (nSPS) is 22.7. The quantitative estimate of drug-likeness (QED) is 0.167. The van der Waals surface area contributed by atoms with Gasteiger partial charge in [-0.25, -0.2) is 9.97 Å². The Morgan fingerprint density at radius 2 is 1.78 bits per heavy atom. The number of benzene rings is 2. The third-order valence-electron chi connectivity index (χ3n) is 11.0. The summed E-state index contributed by atoms with van der Waals surface area (Å²) in [6.07, 6.45) is 10.1. The molecule has 3 aliphatic rings. The highest BCUT2D eigenvalue weighted by Gasteiger charge is 2.44. The highest BCUT2D eigenvalue weighted by molar-refractivity contribution is 7.22. The zero-order chi connectivity index (χ0) is 35.0. The number of carbonyl (C=O) groups excluding carboxylic acids is 2. The molecule has 2 aliphatic carbocycles. The number of anilines is 2. The number of nitrogens with zero attached hydrogens (tertiary/aromatic N) is 5. The minimum Gasteiger partial charge on any atom is -0.400 e. The lowest BCUT2D eigenvalue weighted by atomic mass is 9.57. The molecule has 1 aliphatic heterocycles. The van der Waals surface area contributed by atoms with Crippen molar-refractivity contribution >= 4 is 44.7 Å². The second-order valence-electron chi connectivity index (χ2n) is 14.7. The number of carbonyl (C=O) groups is 2. The number of amides is 1. The lowest BCUT2D eigenvalue weighted by molar-refractivity contribution is 0.00177. The summed E-state index contributed by atoms with van der Waals surface area (Å²) in [6.45, 7) is 9.18.